The summed E-state index contributed by atoms with van der Waals surface area (Å²) in [7, 11) is 1.50. The standard InChI is InChI=1S/C19H16Cl2N2O2S/c1-25-18-11(8-12(20)9-15(18)21)6-7-17(24)23-19-14(10-22)13-4-2-3-5-16(13)26-19/h6-9H,2-5H2,1H3,(H,23,24). The topological polar surface area (TPSA) is 62.1 Å². The Hall–Kier alpha value is -2.00. The van der Waals surface area contributed by atoms with Crippen molar-refractivity contribution in [3.8, 4) is 11.8 Å². The number of amides is 1. The summed E-state index contributed by atoms with van der Waals surface area (Å²) in [6.07, 6.45) is 7.05. The van der Waals surface area contributed by atoms with Gasteiger partial charge in [-0.1, -0.05) is 23.2 Å². The van der Waals surface area contributed by atoms with Gasteiger partial charge in [-0.3, -0.25) is 4.79 Å². The summed E-state index contributed by atoms with van der Waals surface area (Å²) >= 11 is 13.6. The highest BCUT2D eigenvalue weighted by Gasteiger charge is 2.21. The summed E-state index contributed by atoms with van der Waals surface area (Å²) in [5.74, 6) is 0.127. The molecule has 1 aromatic heterocycles. The number of carbonyl (C=O) groups is 1. The molecule has 1 amide bonds. The van der Waals surface area contributed by atoms with Crippen LogP contribution in [-0.4, -0.2) is 13.0 Å². The van der Waals surface area contributed by atoms with Crippen LogP contribution in [0.3, 0.4) is 0 Å². The van der Waals surface area contributed by atoms with Gasteiger partial charge in [-0.05, 0) is 49.5 Å². The monoisotopic (exact) mass is 406 g/mol. The number of fused-ring (bicyclic) bond motifs is 1. The molecule has 1 aliphatic rings. The average molecular weight is 407 g/mol. The zero-order valence-electron chi connectivity index (χ0n) is 14.1. The first-order valence-electron chi connectivity index (χ1n) is 8.10. The minimum absolute atomic E-state index is 0.321. The van der Waals surface area contributed by atoms with Gasteiger partial charge in [-0.15, -0.1) is 11.3 Å². The number of halogens is 2. The molecule has 0 atom stereocenters. The first kappa shape index (κ1) is 18.8. The zero-order valence-corrected chi connectivity index (χ0v) is 16.4. The predicted octanol–water partition coefficient (Wildman–Crippen LogP) is 5.47. The molecule has 0 spiro atoms. The maximum Gasteiger partial charge on any atom is 0.249 e. The Bertz CT molecular complexity index is 929. The van der Waals surface area contributed by atoms with Crippen molar-refractivity contribution in [2.75, 3.05) is 12.4 Å². The fourth-order valence-corrected chi connectivity index (χ4v) is 4.84. The van der Waals surface area contributed by atoms with Crippen LogP contribution in [0.25, 0.3) is 6.08 Å². The van der Waals surface area contributed by atoms with E-state index in [1.807, 2.05) is 0 Å². The van der Waals surface area contributed by atoms with E-state index in [0.717, 1.165) is 31.2 Å². The minimum Gasteiger partial charge on any atom is -0.495 e. The molecular weight excluding hydrogens is 391 g/mol. The summed E-state index contributed by atoms with van der Waals surface area (Å²) in [5, 5.41) is 13.7. The molecule has 1 N–H and O–H groups in total. The van der Waals surface area contributed by atoms with E-state index in [-0.39, 0.29) is 5.91 Å². The number of benzene rings is 1. The van der Waals surface area contributed by atoms with Gasteiger partial charge in [0.05, 0.1) is 17.7 Å². The molecule has 0 bridgehead atoms. The number of ether oxygens (including phenoxy) is 1. The molecule has 7 heteroatoms. The molecule has 1 aliphatic carbocycles. The fraction of sp³-hybridized carbons (Fsp3) is 0.263. The Balaban J connectivity index is 1.81. The van der Waals surface area contributed by atoms with Crippen molar-refractivity contribution in [2.24, 2.45) is 0 Å². The van der Waals surface area contributed by atoms with Crippen molar-refractivity contribution in [3.63, 3.8) is 0 Å². The third-order valence-electron chi connectivity index (χ3n) is 4.18. The van der Waals surface area contributed by atoms with Crippen LogP contribution in [0.5, 0.6) is 5.75 Å². The summed E-state index contributed by atoms with van der Waals surface area (Å²) in [6, 6.07) is 5.48. The second-order valence-electron chi connectivity index (χ2n) is 5.86. The molecular formula is C19H16Cl2N2O2S. The number of thiophene rings is 1. The lowest BCUT2D eigenvalue weighted by Gasteiger charge is -2.09. The van der Waals surface area contributed by atoms with Gasteiger partial charge in [0.1, 0.15) is 16.8 Å². The Labute approximate surface area is 166 Å². The van der Waals surface area contributed by atoms with Crippen LogP contribution < -0.4 is 10.1 Å². The number of hydrogen-bond acceptors (Lipinski definition) is 4. The van der Waals surface area contributed by atoms with E-state index >= 15 is 0 Å². The average Bonchev–Trinajstić information content (AvgIpc) is 2.96. The number of nitrogens with one attached hydrogen (secondary N) is 1. The third kappa shape index (κ3) is 3.88. The zero-order chi connectivity index (χ0) is 18.7. The Morgan fingerprint density at radius 3 is 2.85 bits per heavy atom. The largest absolute Gasteiger partial charge is 0.495 e. The summed E-state index contributed by atoms with van der Waals surface area (Å²) < 4.78 is 5.26. The minimum atomic E-state index is -0.321. The first-order chi connectivity index (χ1) is 12.5. The molecule has 0 saturated carbocycles. The van der Waals surface area contributed by atoms with Crippen LogP contribution >= 0.6 is 34.5 Å². The Kier molecular flexibility index (Phi) is 5.87. The lowest BCUT2D eigenvalue weighted by atomic mass is 9.96. The second kappa shape index (κ2) is 8.13. The summed E-state index contributed by atoms with van der Waals surface area (Å²) in [4.78, 5) is 13.5. The van der Waals surface area contributed by atoms with E-state index in [4.69, 9.17) is 27.9 Å². The van der Waals surface area contributed by atoms with Crippen molar-refractivity contribution >= 4 is 51.5 Å². The van der Waals surface area contributed by atoms with Gasteiger partial charge in [0.25, 0.3) is 0 Å². The van der Waals surface area contributed by atoms with E-state index in [1.54, 1.807) is 18.2 Å². The van der Waals surface area contributed by atoms with Crippen LogP contribution in [-0.2, 0) is 17.6 Å². The van der Waals surface area contributed by atoms with Crippen molar-refractivity contribution in [1.82, 2.24) is 0 Å². The lowest BCUT2D eigenvalue weighted by molar-refractivity contribution is -0.111. The van der Waals surface area contributed by atoms with E-state index in [0.29, 0.717) is 31.9 Å². The van der Waals surface area contributed by atoms with Gasteiger partial charge >= 0.3 is 0 Å². The molecule has 0 unspecified atom stereocenters. The molecule has 0 aliphatic heterocycles. The molecule has 0 fully saturated rings. The smallest absolute Gasteiger partial charge is 0.249 e. The molecule has 4 nitrogen and oxygen atoms in total. The van der Waals surface area contributed by atoms with Gasteiger partial charge in [0.15, 0.2) is 0 Å². The number of nitrogens with zero attached hydrogens (tertiary/aromatic N) is 1. The van der Waals surface area contributed by atoms with Crippen molar-refractivity contribution in [3.05, 3.63) is 49.8 Å². The molecule has 0 radical (unpaired) electrons. The van der Waals surface area contributed by atoms with Gasteiger partial charge in [0.2, 0.25) is 5.91 Å². The van der Waals surface area contributed by atoms with Crippen LogP contribution in [0.1, 0.15) is 34.4 Å². The molecule has 1 heterocycles. The highest BCUT2D eigenvalue weighted by Crippen LogP contribution is 2.37. The number of nitriles is 1. The number of methoxy groups -OCH3 is 1. The first-order valence-corrected chi connectivity index (χ1v) is 9.67. The highest BCUT2D eigenvalue weighted by atomic mass is 35.5. The molecule has 2 aromatic rings. The maximum absolute atomic E-state index is 12.3. The van der Waals surface area contributed by atoms with Gasteiger partial charge in [-0.25, -0.2) is 0 Å². The number of rotatable bonds is 4. The number of carbonyl (C=O) groups excluding carboxylic acids is 1. The maximum atomic E-state index is 12.3. The molecule has 1 aromatic carbocycles. The van der Waals surface area contributed by atoms with Crippen LogP contribution in [0.2, 0.25) is 10.0 Å². The quantitative estimate of drug-likeness (QED) is 0.684. The normalized spacial score (nSPS) is 13.3. The SMILES string of the molecule is COc1c(Cl)cc(Cl)cc1C=CC(=O)Nc1sc2c(c1C#N)CCCC2. The van der Waals surface area contributed by atoms with Gasteiger partial charge in [-0.2, -0.15) is 5.26 Å². The Morgan fingerprint density at radius 2 is 2.12 bits per heavy atom. The van der Waals surface area contributed by atoms with Crippen molar-refractivity contribution < 1.29 is 9.53 Å². The summed E-state index contributed by atoms with van der Waals surface area (Å²) in [6.45, 7) is 0. The molecule has 3 rings (SSSR count). The number of anilines is 1. The van der Waals surface area contributed by atoms with Gasteiger partial charge < -0.3 is 10.1 Å². The number of hydrogen-bond donors (Lipinski definition) is 1. The van der Waals surface area contributed by atoms with Crippen molar-refractivity contribution in [2.45, 2.75) is 25.7 Å². The Morgan fingerprint density at radius 1 is 1.35 bits per heavy atom. The van der Waals surface area contributed by atoms with E-state index in [2.05, 4.69) is 11.4 Å². The van der Waals surface area contributed by atoms with Crippen LogP contribution in [0.4, 0.5) is 5.00 Å². The molecule has 134 valence electrons. The van der Waals surface area contributed by atoms with E-state index in [1.165, 1.54) is 29.4 Å². The summed E-state index contributed by atoms with van der Waals surface area (Å²) in [5.41, 5.74) is 2.28. The van der Waals surface area contributed by atoms with Gasteiger partial charge in [0, 0.05) is 21.5 Å². The van der Waals surface area contributed by atoms with E-state index in [9.17, 15) is 10.1 Å². The fourth-order valence-electron chi connectivity index (χ4n) is 3.01. The lowest BCUT2D eigenvalue weighted by Crippen LogP contribution is -2.08. The predicted molar refractivity (Wildman–Crippen MR) is 106 cm³/mol. The van der Waals surface area contributed by atoms with Crippen molar-refractivity contribution in [1.29, 1.82) is 5.26 Å². The third-order valence-corrected chi connectivity index (χ3v) is 5.88. The molecule has 26 heavy (non-hydrogen) atoms. The number of aryl methyl sites for hydroxylation is 1. The van der Waals surface area contributed by atoms with Crippen LogP contribution in [0.15, 0.2) is 18.2 Å². The molecule has 0 saturated heterocycles. The van der Waals surface area contributed by atoms with E-state index < -0.39 is 0 Å². The highest BCUT2D eigenvalue weighted by molar-refractivity contribution is 7.16. The van der Waals surface area contributed by atoms with Crippen LogP contribution in [0, 0.1) is 11.3 Å². The second-order valence-corrected chi connectivity index (χ2v) is 7.81.